The molecule has 1 aliphatic rings. The van der Waals surface area contributed by atoms with E-state index < -0.39 is 0 Å². The van der Waals surface area contributed by atoms with Gasteiger partial charge in [-0.3, -0.25) is 9.59 Å². The van der Waals surface area contributed by atoms with E-state index in [1.54, 1.807) is 4.90 Å². The van der Waals surface area contributed by atoms with Gasteiger partial charge < -0.3 is 10.0 Å². The maximum absolute atomic E-state index is 12.2. The van der Waals surface area contributed by atoms with Crippen molar-refractivity contribution in [2.75, 3.05) is 19.7 Å². The lowest BCUT2D eigenvalue weighted by atomic mass is 10.0. The van der Waals surface area contributed by atoms with Crippen LogP contribution in [0.25, 0.3) is 0 Å². The Hall–Kier alpha value is -1.68. The molecule has 0 spiro atoms. The van der Waals surface area contributed by atoms with Crippen molar-refractivity contribution in [3.05, 3.63) is 34.9 Å². The molecular weight excluding hydrogens is 266 g/mol. The lowest BCUT2D eigenvalue weighted by Gasteiger charge is -2.19. The minimum atomic E-state index is -0.0685. The molecule has 0 atom stereocenters. The first-order chi connectivity index (χ1) is 10.2. The second kappa shape index (κ2) is 7.36. The molecule has 1 aliphatic carbocycles. The SMILES string of the molecule is CCN(CCO)C(=O)CCC(=O)c1ccc2c(c1)CCC2. The number of fused-ring (bicyclic) bond motifs is 1. The molecule has 0 fully saturated rings. The van der Waals surface area contributed by atoms with Crippen molar-refractivity contribution in [2.24, 2.45) is 0 Å². The van der Waals surface area contributed by atoms with Gasteiger partial charge in [-0.05, 0) is 43.4 Å². The fourth-order valence-electron chi connectivity index (χ4n) is 2.85. The first kappa shape index (κ1) is 15.7. The number of benzene rings is 1. The zero-order valence-electron chi connectivity index (χ0n) is 12.6. The molecule has 114 valence electrons. The molecule has 0 aliphatic heterocycles. The van der Waals surface area contributed by atoms with Crippen LogP contribution in [0.1, 0.15) is 47.7 Å². The van der Waals surface area contributed by atoms with Gasteiger partial charge >= 0.3 is 0 Å². The van der Waals surface area contributed by atoms with E-state index in [0.29, 0.717) is 18.7 Å². The van der Waals surface area contributed by atoms with Gasteiger partial charge in [-0.15, -0.1) is 0 Å². The number of carbonyl (C=O) groups excluding carboxylic acids is 2. The molecule has 0 saturated carbocycles. The zero-order chi connectivity index (χ0) is 15.2. The normalized spacial score (nSPS) is 13.0. The Kier molecular flexibility index (Phi) is 5.51. The topological polar surface area (TPSA) is 57.6 Å². The number of ketones is 1. The number of likely N-dealkylation sites (N-methyl/N-ethyl adjacent to an activating group) is 1. The van der Waals surface area contributed by atoms with Crippen LogP contribution in [0.15, 0.2) is 18.2 Å². The molecule has 4 nitrogen and oxygen atoms in total. The van der Waals surface area contributed by atoms with E-state index in [-0.39, 0.29) is 31.1 Å². The lowest BCUT2D eigenvalue weighted by molar-refractivity contribution is -0.131. The van der Waals surface area contributed by atoms with Crippen LogP contribution in [-0.2, 0) is 17.6 Å². The van der Waals surface area contributed by atoms with Crippen LogP contribution in [0.3, 0.4) is 0 Å². The first-order valence-electron chi connectivity index (χ1n) is 7.69. The largest absolute Gasteiger partial charge is 0.395 e. The maximum Gasteiger partial charge on any atom is 0.223 e. The highest BCUT2D eigenvalue weighted by Crippen LogP contribution is 2.23. The van der Waals surface area contributed by atoms with E-state index >= 15 is 0 Å². The maximum atomic E-state index is 12.2. The van der Waals surface area contributed by atoms with E-state index in [0.717, 1.165) is 19.3 Å². The molecule has 1 amide bonds. The fraction of sp³-hybridized carbons (Fsp3) is 0.529. The third kappa shape index (κ3) is 3.91. The standard InChI is InChI=1S/C17H23NO3/c1-2-18(10-11-19)17(21)9-8-16(20)15-7-6-13-4-3-5-14(13)12-15/h6-7,12,19H,2-5,8-11H2,1H3. The minimum Gasteiger partial charge on any atom is -0.395 e. The average Bonchev–Trinajstić information content (AvgIpc) is 2.97. The van der Waals surface area contributed by atoms with Crippen LogP contribution < -0.4 is 0 Å². The van der Waals surface area contributed by atoms with Crippen molar-refractivity contribution < 1.29 is 14.7 Å². The van der Waals surface area contributed by atoms with Crippen molar-refractivity contribution in [3.63, 3.8) is 0 Å². The summed E-state index contributed by atoms with van der Waals surface area (Å²) in [6.07, 6.45) is 3.77. The number of nitrogens with zero attached hydrogens (tertiary/aromatic N) is 1. The van der Waals surface area contributed by atoms with Crippen molar-refractivity contribution in [1.82, 2.24) is 4.90 Å². The second-order valence-corrected chi connectivity index (χ2v) is 5.46. The number of carbonyl (C=O) groups is 2. The monoisotopic (exact) mass is 289 g/mol. The van der Waals surface area contributed by atoms with E-state index in [9.17, 15) is 9.59 Å². The Bertz CT molecular complexity index is 525. The highest BCUT2D eigenvalue weighted by molar-refractivity contribution is 5.98. The fourth-order valence-corrected chi connectivity index (χ4v) is 2.85. The molecule has 1 aromatic rings. The Morgan fingerprint density at radius 3 is 2.67 bits per heavy atom. The van der Waals surface area contributed by atoms with Gasteiger partial charge in [-0.2, -0.15) is 0 Å². The summed E-state index contributed by atoms with van der Waals surface area (Å²) in [5.41, 5.74) is 3.35. The molecule has 1 aromatic carbocycles. The summed E-state index contributed by atoms with van der Waals surface area (Å²) < 4.78 is 0. The second-order valence-electron chi connectivity index (χ2n) is 5.46. The first-order valence-corrected chi connectivity index (χ1v) is 7.69. The Labute approximate surface area is 125 Å². The van der Waals surface area contributed by atoms with Crippen LogP contribution in [0.4, 0.5) is 0 Å². The molecule has 0 radical (unpaired) electrons. The molecule has 0 aromatic heterocycles. The third-order valence-corrected chi connectivity index (χ3v) is 4.09. The lowest BCUT2D eigenvalue weighted by Crippen LogP contribution is -2.33. The number of hydrogen-bond acceptors (Lipinski definition) is 3. The van der Waals surface area contributed by atoms with E-state index in [4.69, 9.17) is 5.11 Å². The molecule has 0 unspecified atom stereocenters. The Morgan fingerprint density at radius 1 is 1.19 bits per heavy atom. The molecule has 4 heteroatoms. The highest BCUT2D eigenvalue weighted by Gasteiger charge is 2.16. The summed E-state index contributed by atoms with van der Waals surface area (Å²) in [6.45, 7) is 2.73. The van der Waals surface area contributed by atoms with Crippen molar-refractivity contribution in [3.8, 4) is 0 Å². The number of hydrogen-bond donors (Lipinski definition) is 1. The highest BCUT2D eigenvalue weighted by atomic mass is 16.3. The molecule has 2 rings (SSSR count). The van der Waals surface area contributed by atoms with Gasteiger partial charge in [0.1, 0.15) is 0 Å². The number of Topliss-reactive ketones (excluding diaryl/α,β-unsaturated/α-hetero) is 1. The predicted molar refractivity (Wildman–Crippen MR) is 81.4 cm³/mol. The summed E-state index contributed by atoms with van der Waals surface area (Å²) in [5.74, 6) is -0.0424. The Morgan fingerprint density at radius 2 is 1.95 bits per heavy atom. The number of aryl methyl sites for hydroxylation is 2. The van der Waals surface area contributed by atoms with Gasteiger partial charge in [0.15, 0.2) is 5.78 Å². The van der Waals surface area contributed by atoms with Gasteiger partial charge in [0.2, 0.25) is 5.91 Å². The summed E-state index contributed by atoms with van der Waals surface area (Å²) in [7, 11) is 0. The number of aliphatic hydroxyl groups excluding tert-OH is 1. The van der Waals surface area contributed by atoms with Crippen LogP contribution >= 0.6 is 0 Å². The number of amides is 1. The van der Waals surface area contributed by atoms with Crippen LogP contribution in [0.5, 0.6) is 0 Å². The Balaban J connectivity index is 1.91. The van der Waals surface area contributed by atoms with Crippen molar-refractivity contribution >= 4 is 11.7 Å². The molecule has 1 N–H and O–H groups in total. The smallest absolute Gasteiger partial charge is 0.223 e. The predicted octanol–water partition coefficient (Wildman–Crippen LogP) is 1.98. The number of rotatable bonds is 7. The van der Waals surface area contributed by atoms with E-state index in [2.05, 4.69) is 0 Å². The molecule has 21 heavy (non-hydrogen) atoms. The zero-order valence-corrected chi connectivity index (χ0v) is 12.6. The van der Waals surface area contributed by atoms with Gasteiger partial charge in [-0.25, -0.2) is 0 Å². The van der Waals surface area contributed by atoms with E-state index in [1.807, 2.05) is 25.1 Å². The average molecular weight is 289 g/mol. The molecule has 0 heterocycles. The number of aliphatic hydroxyl groups is 1. The molecular formula is C17H23NO3. The van der Waals surface area contributed by atoms with Gasteiger partial charge in [-0.1, -0.05) is 12.1 Å². The summed E-state index contributed by atoms with van der Waals surface area (Å²) in [5, 5.41) is 8.90. The van der Waals surface area contributed by atoms with Crippen LogP contribution in [0, 0.1) is 0 Å². The van der Waals surface area contributed by atoms with Crippen LogP contribution in [0.2, 0.25) is 0 Å². The van der Waals surface area contributed by atoms with Gasteiger partial charge in [0.25, 0.3) is 0 Å². The third-order valence-electron chi connectivity index (χ3n) is 4.09. The molecule has 0 saturated heterocycles. The van der Waals surface area contributed by atoms with E-state index in [1.165, 1.54) is 11.1 Å². The van der Waals surface area contributed by atoms with Gasteiger partial charge in [0, 0.05) is 31.5 Å². The summed E-state index contributed by atoms with van der Waals surface area (Å²) >= 11 is 0. The van der Waals surface area contributed by atoms with Crippen LogP contribution in [-0.4, -0.2) is 41.4 Å². The van der Waals surface area contributed by atoms with Crippen molar-refractivity contribution in [1.29, 1.82) is 0 Å². The van der Waals surface area contributed by atoms with Gasteiger partial charge in [0.05, 0.1) is 6.61 Å². The quantitative estimate of drug-likeness (QED) is 0.781. The minimum absolute atomic E-state index is 0.0260. The summed E-state index contributed by atoms with van der Waals surface area (Å²) in [6, 6.07) is 5.91. The molecule has 0 bridgehead atoms. The van der Waals surface area contributed by atoms with Crippen molar-refractivity contribution in [2.45, 2.75) is 39.0 Å². The summed E-state index contributed by atoms with van der Waals surface area (Å²) in [4.78, 5) is 25.7.